The number of hydrazine groups is 1. The molecule has 0 atom stereocenters. The normalized spacial score (nSPS) is 11.8. The van der Waals surface area contributed by atoms with Gasteiger partial charge in [0, 0.05) is 15.2 Å². The molecule has 35 heavy (non-hydrogen) atoms. The number of nitrogens with zero attached hydrogens (tertiary/aromatic N) is 1. The number of benzene rings is 3. The minimum Gasteiger partial charge on any atom is -0.494 e. The molecule has 7 nitrogen and oxygen atoms in total. The van der Waals surface area contributed by atoms with E-state index in [4.69, 9.17) is 16.3 Å². The average molecular weight is 496 g/mol. The molecular formula is C26H30FN5O2S. The van der Waals surface area contributed by atoms with Crippen molar-refractivity contribution in [2.75, 3.05) is 12.4 Å². The lowest BCUT2D eigenvalue weighted by atomic mass is 9.98. The number of anilines is 1. The number of methoxy groups -OCH3 is 1. The first kappa shape index (κ1) is 26.1. The molecule has 0 radical (unpaired) electrons. The maximum atomic E-state index is 14.1. The molecule has 3 rings (SSSR count). The summed E-state index contributed by atoms with van der Waals surface area (Å²) < 4.78 is 19.0. The third-order valence-corrected chi connectivity index (χ3v) is 6.14. The number of nitrogens with two attached hydrogens (primary N) is 2. The number of thioether (sulfide) groups is 1. The number of hydrogen-bond donors (Lipinski definition) is 4. The van der Waals surface area contributed by atoms with Crippen molar-refractivity contribution in [3.05, 3.63) is 77.6 Å². The Balaban J connectivity index is 1.96. The monoisotopic (exact) mass is 495 g/mol. The van der Waals surface area contributed by atoms with Gasteiger partial charge in [-0.1, -0.05) is 57.2 Å². The number of hydrogen-bond acceptors (Lipinski definition) is 6. The molecule has 0 heterocycles. The predicted molar refractivity (Wildman–Crippen MR) is 141 cm³/mol. The maximum Gasteiger partial charge on any atom is 0.228 e. The quantitative estimate of drug-likeness (QED) is 0.119. The number of rotatable bonds is 8. The minimum absolute atomic E-state index is 0.0170. The zero-order valence-electron chi connectivity index (χ0n) is 20.2. The molecule has 0 fully saturated rings. The molecule has 3 aromatic carbocycles. The van der Waals surface area contributed by atoms with E-state index in [0.29, 0.717) is 16.8 Å². The first-order chi connectivity index (χ1) is 16.6. The second-order valence-electron chi connectivity index (χ2n) is 8.79. The molecule has 0 aromatic heterocycles. The summed E-state index contributed by atoms with van der Waals surface area (Å²) >= 11 is 1.64. The number of amides is 1. The van der Waals surface area contributed by atoms with Crippen LogP contribution in [0, 0.1) is 5.82 Å². The Morgan fingerprint density at radius 1 is 1.11 bits per heavy atom. The summed E-state index contributed by atoms with van der Waals surface area (Å²) in [6, 6.07) is 17.9. The molecule has 0 saturated carbocycles. The van der Waals surface area contributed by atoms with E-state index in [2.05, 4.69) is 36.7 Å². The van der Waals surface area contributed by atoms with Crippen molar-refractivity contribution in [3.8, 4) is 16.9 Å². The lowest BCUT2D eigenvalue weighted by Gasteiger charge is -2.21. The van der Waals surface area contributed by atoms with Gasteiger partial charge in [0.15, 0.2) is 17.4 Å². The molecule has 0 aliphatic rings. The van der Waals surface area contributed by atoms with Gasteiger partial charge in [0.25, 0.3) is 0 Å². The molecule has 0 aliphatic heterocycles. The molecule has 0 saturated heterocycles. The first-order valence-corrected chi connectivity index (χ1v) is 11.8. The van der Waals surface area contributed by atoms with E-state index in [1.54, 1.807) is 17.8 Å². The topological polar surface area (TPSA) is 115 Å². The van der Waals surface area contributed by atoms with Crippen molar-refractivity contribution in [2.45, 2.75) is 36.8 Å². The molecule has 0 aliphatic carbocycles. The maximum absolute atomic E-state index is 14.1. The largest absolute Gasteiger partial charge is 0.494 e. The van der Waals surface area contributed by atoms with Crippen molar-refractivity contribution >= 4 is 29.2 Å². The summed E-state index contributed by atoms with van der Waals surface area (Å²) in [6.07, 6.45) is 0.0170. The SMILES string of the molecule is COc1ccc(CC(=O)Nc2cc(-c3ccccc3/C(N)=N/NN)ccc2SC(C)(C)C)cc1F. The van der Waals surface area contributed by atoms with E-state index in [0.717, 1.165) is 16.0 Å². The Bertz CT molecular complexity index is 1240. The predicted octanol–water partition coefficient (Wildman–Crippen LogP) is 4.66. The average Bonchev–Trinajstić information content (AvgIpc) is 2.79. The van der Waals surface area contributed by atoms with Crippen molar-refractivity contribution in [2.24, 2.45) is 16.7 Å². The van der Waals surface area contributed by atoms with E-state index in [-0.39, 0.29) is 28.7 Å². The van der Waals surface area contributed by atoms with Crippen LogP contribution in [-0.4, -0.2) is 23.6 Å². The zero-order valence-corrected chi connectivity index (χ0v) is 21.0. The second kappa shape index (κ2) is 11.2. The zero-order chi connectivity index (χ0) is 25.6. The van der Waals surface area contributed by atoms with Crippen molar-refractivity contribution < 1.29 is 13.9 Å². The fraction of sp³-hybridized carbons (Fsp3) is 0.231. The summed E-state index contributed by atoms with van der Waals surface area (Å²) in [5, 5.41) is 6.90. The highest BCUT2D eigenvalue weighted by Crippen LogP contribution is 2.39. The van der Waals surface area contributed by atoms with Crippen LogP contribution in [0.25, 0.3) is 11.1 Å². The number of ether oxygens (including phenoxy) is 1. The fourth-order valence-electron chi connectivity index (χ4n) is 3.50. The van der Waals surface area contributed by atoms with E-state index in [1.165, 1.54) is 19.2 Å². The highest BCUT2D eigenvalue weighted by Gasteiger charge is 2.18. The lowest BCUT2D eigenvalue weighted by Crippen LogP contribution is -2.23. The summed E-state index contributed by atoms with van der Waals surface area (Å²) in [5.74, 6) is 4.91. The Morgan fingerprint density at radius 2 is 1.86 bits per heavy atom. The molecule has 9 heteroatoms. The number of amidine groups is 1. The van der Waals surface area contributed by atoms with Crippen LogP contribution >= 0.6 is 11.8 Å². The van der Waals surface area contributed by atoms with E-state index >= 15 is 0 Å². The Hall–Kier alpha value is -3.56. The highest BCUT2D eigenvalue weighted by molar-refractivity contribution is 8.00. The van der Waals surface area contributed by atoms with E-state index in [9.17, 15) is 9.18 Å². The van der Waals surface area contributed by atoms with Gasteiger partial charge in [0.1, 0.15) is 0 Å². The third kappa shape index (κ3) is 6.97. The van der Waals surface area contributed by atoms with Gasteiger partial charge in [-0.15, -0.1) is 16.9 Å². The number of nitrogens with one attached hydrogen (secondary N) is 2. The van der Waals surface area contributed by atoms with Crippen LogP contribution in [0.4, 0.5) is 10.1 Å². The minimum atomic E-state index is -0.508. The van der Waals surface area contributed by atoms with E-state index < -0.39 is 5.82 Å². The Kier molecular flexibility index (Phi) is 8.37. The standard InChI is InChI=1S/C26H30FN5O2S/c1-26(2,3)35-23-12-10-17(18-7-5-6-8-19(18)25(28)31-32-29)15-21(23)30-24(33)14-16-9-11-22(34-4)20(27)13-16/h5-13,15,32H,14,29H2,1-4H3,(H2,28,31)(H,30,33). The molecule has 184 valence electrons. The first-order valence-electron chi connectivity index (χ1n) is 10.9. The summed E-state index contributed by atoms with van der Waals surface area (Å²) in [7, 11) is 1.40. The van der Waals surface area contributed by atoms with Crippen LogP contribution in [0.3, 0.4) is 0 Å². The fourth-order valence-corrected chi connectivity index (χ4v) is 4.52. The van der Waals surface area contributed by atoms with Crippen LogP contribution in [0.15, 0.2) is 70.7 Å². The lowest BCUT2D eigenvalue weighted by molar-refractivity contribution is -0.115. The molecule has 1 amide bonds. The van der Waals surface area contributed by atoms with Gasteiger partial charge >= 0.3 is 0 Å². The smallest absolute Gasteiger partial charge is 0.228 e. The molecule has 6 N–H and O–H groups in total. The van der Waals surface area contributed by atoms with Crippen molar-refractivity contribution in [1.29, 1.82) is 0 Å². The van der Waals surface area contributed by atoms with Gasteiger partial charge in [-0.3, -0.25) is 4.79 Å². The number of hydrazone groups is 1. The van der Waals surface area contributed by atoms with Crippen LogP contribution in [0.2, 0.25) is 0 Å². The van der Waals surface area contributed by atoms with Crippen molar-refractivity contribution in [3.63, 3.8) is 0 Å². The van der Waals surface area contributed by atoms with Crippen molar-refractivity contribution in [1.82, 2.24) is 5.53 Å². The third-order valence-electron chi connectivity index (χ3n) is 4.95. The molecule has 0 unspecified atom stereocenters. The van der Waals surface area contributed by atoms with Gasteiger partial charge < -0.3 is 15.8 Å². The molecule has 0 bridgehead atoms. The highest BCUT2D eigenvalue weighted by atomic mass is 32.2. The van der Waals surface area contributed by atoms with Gasteiger partial charge in [0.05, 0.1) is 19.2 Å². The number of carbonyl (C=O) groups is 1. The summed E-state index contributed by atoms with van der Waals surface area (Å²) in [6.45, 7) is 6.30. The van der Waals surface area contributed by atoms with Crippen LogP contribution in [0.1, 0.15) is 31.9 Å². The number of carbonyl (C=O) groups excluding carboxylic acids is 1. The van der Waals surface area contributed by atoms with Gasteiger partial charge in [-0.2, -0.15) is 0 Å². The van der Waals surface area contributed by atoms with Crippen LogP contribution in [-0.2, 0) is 11.2 Å². The number of halogens is 1. The van der Waals surface area contributed by atoms with Gasteiger partial charge in [-0.25, -0.2) is 15.8 Å². The molecule has 0 spiro atoms. The van der Waals surface area contributed by atoms with E-state index in [1.807, 2.05) is 42.5 Å². The Morgan fingerprint density at radius 3 is 2.51 bits per heavy atom. The van der Waals surface area contributed by atoms with Gasteiger partial charge in [0.2, 0.25) is 5.91 Å². The molecular weight excluding hydrogens is 465 g/mol. The summed E-state index contributed by atoms with van der Waals surface area (Å²) in [4.78, 5) is 13.9. The van der Waals surface area contributed by atoms with Crippen LogP contribution < -0.4 is 27.2 Å². The molecule has 3 aromatic rings. The Labute approximate surface area is 209 Å². The van der Waals surface area contributed by atoms with Gasteiger partial charge in [-0.05, 0) is 41.0 Å². The summed E-state index contributed by atoms with van der Waals surface area (Å²) in [5.41, 5.74) is 11.9. The van der Waals surface area contributed by atoms with Crippen LogP contribution in [0.5, 0.6) is 5.75 Å². The second-order valence-corrected chi connectivity index (χ2v) is 10.7.